The van der Waals surface area contributed by atoms with Crippen molar-refractivity contribution in [2.45, 2.75) is 32.2 Å². The Labute approximate surface area is 150 Å². The second kappa shape index (κ2) is 6.65. The van der Waals surface area contributed by atoms with Gasteiger partial charge in [-0.1, -0.05) is 30.4 Å². The van der Waals surface area contributed by atoms with Crippen LogP contribution in [-0.2, 0) is 6.42 Å². The Hall–Kier alpha value is -2.12. The second-order valence-corrected chi connectivity index (χ2v) is 7.45. The van der Waals surface area contributed by atoms with Gasteiger partial charge in [-0.2, -0.15) is 4.52 Å². The van der Waals surface area contributed by atoms with Gasteiger partial charge < -0.3 is 14.7 Å². The number of fused-ring (bicyclic) bond motifs is 1. The third kappa shape index (κ3) is 2.87. The third-order valence-electron chi connectivity index (χ3n) is 4.90. The minimum atomic E-state index is 0.0798. The molecular weight excluding hydrogens is 336 g/mol. The van der Waals surface area contributed by atoms with Crippen molar-refractivity contribution in [3.8, 4) is 11.6 Å². The fourth-order valence-electron chi connectivity index (χ4n) is 3.64. The normalized spacial score (nSPS) is 16.6. The summed E-state index contributed by atoms with van der Waals surface area (Å²) < 4.78 is 6.99. The summed E-state index contributed by atoms with van der Waals surface area (Å²) in [6.45, 7) is 4.23. The summed E-state index contributed by atoms with van der Waals surface area (Å²) in [6.07, 6.45) is 3.20. The van der Waals surface area contributed by atoms with E-state index in [1.165, 1.54) is 17.7 Å². The molecule has 0 amide bonds. The van der Waals surface area contributed by atoms with Gasteiger partial charge in [-0.25, -0.2) is 4.98 Å². The summed E-state index contributed by atoms with van der Waals surface area (Å²) in [6, 6.07) is 8.24. The SMILES string of the molecule is CCc1nc2sc([C@H](c3cccc(OC)c3)[NH+]3CCCC3)c(O)n2n1. The molecule has 2 aromatic heterocycles. The average Bonchev–Trinajstić information content (AvgIpc) is 3.35. The smallest absolute Gasteiger partial charge is 0.235 e. The molecule has 6 nitrogen and oxygen atoms in total. The lowest BCUT2D eigenvalue weighted by atomic mass is 10.0. The maximum Gasteiger partial charge on any atom is 0.235 e. The Bertz CT molecular complexity index is 882. The number of quaternary nitrogens is 1. The average molecular weight is 359 g/mol. The van der Waals surface area contributed by atoms with Gasteiger partial charge in [0, 0.05) is 24.8 Å². The number of thiazole rings is 1. The van der Waals surface area contributed by atoms with Crippen LogP contribution in [0.5, 0.6) is 11.6 Å². The molecule has 3 aromatic rings. The molecule has 0 radical (unpaired) electrons. The number of hydrogen-bond acceptors (Lipinski definition) is 5. The molecule has 7 heteroatoms. The van der Waals surface area contributed by atoms with Crippen LogP contribution in [0.25, 0.3) is 4.96 Å². The van der Waals surface area contributed by atoms with Crippen LogP contribution in [0.4, 0.5) is 0 Å². The first-order chi connectivity index (χ1) is 12.2. The lowest BCUT2D eigenvalue weighted by Gasteiger charge is -2.24. The number of methoxy groups -OCH3 is 1. The predicted octanol–water partition coefficient (Wildman–Crippen LogP) is 1.84. The van der Waals surface area contributed by atoms with E-state index in [0.717, 1.165) is 46.5 Å². The molecule has 1 atom stereocenters. The van der Waals surface area contributed by atoms with E-state index in [9.17, 15) is 5.11 Å². The minimum absolute atomic E-state index is 0.0798. The number of aryl methyl sites for hydroxylation is 1. The lowest BCUT2D eigenvalue weighted by Crippen LogP contribution is -3.10. The number of aromatic nitrogens is 3. The summed E-state index contributed by atoms with van der Waals surface area (Å²) in [4.78, 5) is 7.69. The largest absolute Gasteiger partial charge is 0.497 e. The molecule has 0 bridgehead atoms. The van der Waals surface area contributed by atoms with Crippen LogP contribution in [-0.4, -0.2) is 39.9 Å². The predicted molar refractivity (Wildman–Crippen MR) is 96.7 cm³/mol. The van der Waals surface area contributed by atoms with Gasteiger partial charge in [0.2, 0.25) is 10.8 Å². The summed E-state index contributed by atoms with van der Waals surface area (Å²) in [5.41, 5.74) is 1.16. The highest BCUT2D eigenvalue weighted by Gasteiger charge is 2.34. The highest BCUT2D eigenvalue weighted by molar-refractivity contribution is 7.17. The Morgan fingerprint density at radius 1 is 1.36 bits per heavy atom. The van der Waals surface area contributed by atoms with Gasteiger partial charge in [0.05, 0.1) is 20.2 Å². The van der Waals surface area contributed by atoms with Gasteiger partial charge in [0.25, 0.3) is 0 Å². The first-order valence-corrected chi connectivity index (χ1v) is 9.58. The Kier molecular flexibility index (Phi) is 4.35. The van der Waals surface area contributed by atoms with Gasteiger partial charge >= 0.3 is 0 Å². The summed E-state index contributed by atoms with van der Waals surface area (Å²) in [5.74, 6) is 1.83. The van der Waals surface area contributed by atoms with Gasteiger partial charge in [-0.15, -0.1) is 5.10 Å². The van der Waals surface area contributed by atoms with E-state index in [4.69, 9.17) is 4.74 Å². The maximum absolute atomic E-state index is 10.8. The summed E-state index contributed by atoms with van der Waals surface area (Å²) in [7, 11) is 1.68. The molecule has 132 valence electrons. The standard InChI is InChI=1S/C18H22N4O2S/c1-3-14-19-18-22(20-14)17(23)16(25-18)15(21-9-4-5-10-21)12-7-6-8-13(11-12)24-2/h6-8,11,15,23H,3-5,9-10H2,1-2H3/p+1/t15-/m0/s1. The summed E-state index contributed by atoms with van der Waals surface area (Å²) in [5, 5.41) is 15.3. The monoisotopic (exact) mass is 359 g/mol. The van der Waals surface area contributed by atoms with E-state index in [1.54, 1.807) is 23.0 Å². The van der Waals surface area contributed by atoms with Crippen molar-refractivity contribution in [3.05, 3.63) is 40.5 Å². The maximum atomic E-state index is 10.8. The first-order valence-electron chi connectivity index (χ1n) is 8.77. The number of likely N-dealkylation sites (tertiary alicyclic amines) is 1. The molecule has 4 rings (SSSR count). The topological polar surface area (TPSA) is 64.1 Å². The van der Waals surface area contributed by atoms with Crippen LogP contribution in [0.3, 0.4) is 0 Å². The molecule has 1 aromatic carbocycles. The van der Waals surface area contributed by atoms with Crippen LogP contribution < -0.4 is 9.64 Å². The van der Waals surface area contributed by atoms with E-state index >= 15 is 0 Å². The van der Waals surface area contributed by atoms with Crippen molar-refractivity contribution in [2.75, 3.05) is 20.2 Å². The van der Waals surface area contributed by atoms with Gasteiger partial charge in [-0.05, 0) is 12.1 Å². The molecule has 0 spiro atoms. The zero-order chi connectivity index (χ0) is 17.4. The first kappa shape index (κ1) is 16.4. The molecule has 0 saturated carbocycles. The Morgan fingerprint density at radius 2 is 2.16 bits per heavy atom. The number of aromatic hydroxyl groups is 1. The minimum Gasteiger partial charge on any atom is -0.497 e. The molecule has 3 heterocycles. The molecule has 1 aliphatic heterocycles. The van der Waals surface area contributed by atoms with E-state index in [2.05, 4.69) is 22.2 Å². The zero-order valence-corrected chi connectivity index (χ0v) is 15.3. The highest BCUT2D eigenvalue weighted by Crippen LogP contribution is 2.36. The van der Waals surface area contributed by atoms with E-state index < -0.39 is 0 Å². The molecule has 1 fully saturated rings. The van der Waals surface area contributed by atoms with Crippen molar-refractivity contribution in [3.63, 3.8) is 0 Å². The highest BCUT2D eigenvalue weighted by atomic mass is 32.1. The zero-order valence-electron chi connectivity index (χ0n) is 14.5. The molecule has 1 saturated heterocycles. The van der Waals surface area contributed by atoms with E-state index in [1.807, 2.05) is 19.1 Å². The van der Waals surface area contributed by atoms with Crippen molar-refractivity contribution in [2.24, 2.45) is 0 Å². The fourth-order valence-corrected chi connectivity index (χ4v) is 4.80. The van der Waals surface area contributed by atoms with Crippen LogP contribution in [0.2, 0.25) is 0 Å². The molecule has 0 unspecified atom stereocenters. The van der Waals surface area contributed by atoms with Crippen LogP contribution in [0.1, 0.15) is 42.1 Å². The molecule has 2 N–H and O–H groups in total. The van der Waals surface area contributed by atoms with Crippen LogP contribution >= 0.6 is 11.3 Å². The molecular formula is C18H23N4O2S+. The Balaban J connectivity index is 1.82. The van der Waals surface area contributed by atoms with Crippen molar-refractivity contribution in [1.82, 2.24) is 14.6 Å². The number of benzene rings is 1. The van der Waals surface area contributed by atoms with Gasteiger partial charge in [-0.3, -0.25) is 0 Å². The molecule has 1 aliphatic rings. The van der Waals surface area contributed by atoms with Crippen LogP contribution in [0, 0.1) is 0 Å². The Morgan fingerprint density at radius 3 is 2.84 bits per heavy atom. The quantitative estimate of drug-likeness (QED) is 0.730. The number of ether oxygens (including phenoxy) is 1. The fraction of sp³-hybridized carbons (Fsp3) is 0.444. The van der Waals surface area contributed by atoms with Gasteiger partial charge in [0.15, 0.2) is 11.9 Å². The van der Waals surface area contributed by atoms with E-state index in [-0.39, 0.29) is 11.9 Å². The third-order valence-corrected chi connectivity index (χ3v) is 5.99. The molecule has 0 aliphatic carbocycles. The van der Waals surface area contributed by atoms with Crippen molar-refractivity contribution < 1.29 is 14.7 Å². The van der Waals surface area contributed by atoms with Crippen LogP contribution in [0.15, 0.2) is 24.3 Å². The number of rotatable bonds is 5. The second-order valence-electron chi connectivity index (χ2n) is 6.44. The number of nitrogens with one attached hydrogen (secondary N) is 1. The molecule has 25 heavy (non-hydrogen) atoms. The number of nitrogens with zero attached hydrogens (tertiary/aromatic N) is 3. The van der Waals surface area contributed by atoms with E-state index in [0.29, 0.717) is 0 Å². The summed E-state index contributed by atoms with van der Waals surface area (Å²) >= 11 is 1.54. The van der Waals surface area contributed by atoms with Crippen molar-refractivity contribution in [1.29, 1.82) is 0 Å². The lowest BCUT2D eigenvalue weighted by molar-refractivity contribution is -0.913. The van der Waals surface area contributed by atoms with Crippen molar-refractivity contribution >= 4 is 16.3 Å². The number of hydrogen-bond donors (Lipinski definition) is 2. The van der Waals surface area contributed by atoms with Gasteiger partial charge in [0.1, 0.15) is 10.6 Å².